The van der Waals surface area contributed by atoms with Crippen LogP contribution < -0.4 is 32.9 Å². The fraction of sp³-hybridized carbons (Fsp3) is 0. The molecule has 0 unspecified atom stereocenters. The summed E-state index contributed by atoms with van der Waals surface area (Å²) >= 11 is 0. The fourth-order valence-corrected chi connectivity index (χ4v) is 4.80. The van der Waals surface area contributed by atoms with Gasteiger partial charge in [-0.1, -0.05) is 91.0 Å². The molecule has 0 spiro atoms. The molecule has 0 fully saturated rings. The van der Waals surface area contributed by atoms with E-state index in [0.717, 1.165) is 0 Å². The van der Waals surface area contributed by atoms with E-state index in [1.54, 1.807) is 0 Å². The largest absolute Gasteiger partial charge is 2.00 e. The van der Waals surface area contributed by atoms with Crippen molar-refractivity contribution >= 4 is 23.8 Å². The van der Waals surface area contributed by atoms with Gasteiger partial charge < -0.3 is 17.0 Å². The molecule has 26 heavy (non-hydrogen) atoms. The van der Waals surface area contributed by atoms with Gasteiger partial charge in [-0.25, -0.2) is 12.1 Å². The maximum atomic E-state index is 2.23. The van der Waals surface area contributed by atoms with E-state index in [9.17, 15) is 0 Å². The Morgan fingerprint density at radius 2 is 0.769 bits per heavy atom. The van der Waals surface area contributed by atoms with Gasteiger partial charge in [-0.15, -0.1) is 0 Å². The fourth-order valence-electron chi connectivity index (χ4n) is 2.50. The second-order valence-electron chi connectivity index (χ2n) is 5.30. The van der Waals surface area contributed by atoms with Crippen molar-refractivity contribution in [3.05, 3.63) is 121 Å². The Morgan fingerprint density at radius 3 is 1.00 bits per heavy atom. The van der Waals surface area contributed by atoms with E-state index in [4.69, 9.17) is 0 Å². The predicted molar refractivity (Wildman–Crippen MR) is 107 cm³/mol. The van der Waals surface area contributed by atoms with E-state index in [-0.39, 0.29) is 33.5 Å². The Labute approximate surface area is 178 Å². The van der Waals surface area contributed by atoms with E-state index < -0.39 is 7.92 Å². The predicted octanol–water partition coefficient (Wildman–Crippen LogP) is 1.85. The zero-order valence-corrected chi connectivity index (χ0v) is 17.7. The zero-order chi connectivity index (χ0) is 16.5. The van der Waals surface area contributed by atoms with Crippen LogP contribution >= 0.6 is 7.92 Å². The van der Waals surface area contributed by atoms with Gasteiger partial charge in [0.15, 0.2) is 0 Å². The summed E-state index contributed by atoms with van der Waals surface area (Å²) in [7, 11) is -0.446. The Morgan fingerprint density at radius 1 is 0.462 bits per heavy atom. The van der Waals surface area contributed by atoms with E-state index in [0.29, 0.717) is 0 Å². The Kier molecular flexibility index (Phi) is 11.0. The molecule has 4 aromatic rings. The number of rotatable bonds is 3. The van der Waals surface area contributed by atoms with Crippen LogP contribution in [0.1, 0.15) is 0 Å². The Balaban J connectivity index is 0.000000421. The van der Waals surface area contributed by atoms with Crippen molar-refractivity contribution in [1.82, 2.24) is 0 Å². The molecule has 0 amide bonds. The molecule has 3 heteroatoms. The van der Waals surface area contributed by atoms with Crippen molar-refractivity contribution in [2.75, 3.05) is 0 Å². The minimum absolute atomic E-state index is 0. The van der Waals surface area contributed by atoms with E-state index in [1.165, 1.54) is 15.9 Å². The minimum Gasteiger partial charge on any atom is -1.00 e. The summed E-state index contributed by atoms with van der Waals surface area (Å²) in [5.41, 5.74) is 0. The zero-order valence-electron chi connectivity index (χ0n) is 14.2. The van der Waals surface area contributed by atoms with Gasteiger partial charge in [-0.05, 0) is 23.8 Å². The molecule has 0 N–H and O–H groups in total. The van der Waals surface area contributed by atoms with Crippen LogP contribution in [0, 0.1) is 0 Å². The first kappa shape index (κ1) is 22.5. The molecular formula is C23H20BrNiP. The molecule has 0 heterocycles. The van der Waals surface area contributed by atoms with E-state index >= 15 is 0 Å². The molecule has 0 aromatic heterocycles. The molecule has 0 saturated carbocycles. The van der Waals surface area contributed by atoms with Crippen molar-refractivity contribution in [3.8, 4) is 0 Å². The Hall–Kier alpha value is -1.59. The van der Waals surface area contributed by atoms with Crippen LogP contribution in [0.4, 0.5) is 0 Å². The first-order valence-corrected chi connectivity index (χ1v) is 9.41. The average molecular weight is 466 g/mol. The topological polar surface area (TPSA) is 0 Å². The van der Waals surface area contributed by atoms with Gasteiger partial charge in [-0.3, -0.25) is 0 Å². The maximum absolute atomic E-state index is 2.23. The normalized spacial score (nSPS) is 9.27. The molecule has 0 bridgehead atoms. The van der Waals surface area contributed by atoms with Gasteiger partial charge in [-0.2, -0.15) is 18.2 Å². The monoisotopic (exact) mass is 464 g/mol. The summed E-state index contributed by atoms with van der Waals surface area (Å²) in [4.78, 5) is 0. The van der Waals surface area contributed by atoms with Gasteiger partial charge in [0.1, 0.15) is 0 Å². The first-order valence-electron chi connectivity index (χ1n) is 8.07. The van der Waals surface area contributed by atoms with Crippen LogP contribution in [-0.2, 0) is 16.5 Å². The van der Waals surface area contributed by atoms with Crippen LogP contribution in [0.15, 0.2) is 121 Å². The molecule has 0 radical (unpaired) electrons. The number of halogens is 1. The summed E-state index contributed by atoms with van der Waals surface area (Å²) < 4.78 is 0. The van der Waals surface area contributed by atoms with Gasteiger partial charge in [0, 0.05) is 0 Å². The molecule has 0 aliphatic carbocycles. The molecule has 0 saturated heterocycles. The maximum Gasteiger partial charge on any atom is 2.00 e. The number of hydrogen-bond donors (Lipinski definition) is 0. The van der Waals surface area contributed by atoms with Crippen LogP contribution in [0.2, 0.25) is 0 Å². The van der Waals surface area contributed by atoms with Gasteiger partial charge in [0.25, 0.3) is 0 Å². The second kappa shape index (κ2) is 12.7. The van der Waals surface area contributed by atoms with Crippen LogP contribution in [-0.4, -0.2) is 0 Å². The second-order valence-corrected chi connectivity index (χ2v) is 7.52. The SMILES string of the molecule is [Br-].[Ni+2].c1cc[cH-]c1.c1ccc(P(c2ccccc2)c2ccccc2)cc1. The first-order chi connectivity index (χ1) is 11.9. The van der Waals surface area contributed by atoms with Gasteiger partial charge in [0.2, 0.25) is 0 Å². The molecule has 134 valence electrons. The standard InChI is InChI=1S/C18H15P.C5H5.BrH.Ni/c1-4-10-16(11-5-1)19(17-12-6-2-7-13-17)18-14-8-3-9-15-18;1-2-4-5-3-1;;/h1-15H;1-5H;1H;/q;-1;;+2/p-1. The molecule has 0 aliphatic heterocycles. The van der Waals surface area contributed by atoms with Crippen molar-refractivity contribution in [3.63, 3.8) is 0 Å². The summed E-state index contributed by atoms with van der Waals surface area (Å²) in [5.74, 6) is 0. The smallest absolute Gasteiger partial charge is 1.00 e. The van der Waals surface area contributed by atoms with Crippen molar-refractivity contribution in [1.29, 1.82) is 0 Å². The van der Waals surface area contributed by atoms with Crippen molar-refractivity contribution in [2.24, 2.45) is 0 Å². The van der Waals surface area contributed by atoms with E-state index in [2.05, 4.69) is 91.0 Å². The van der Waals surface area contributed by atoms with Crippen molar-refractivity contribution < 1.29 is 33.5 Å². The number of hydrogen-bond acceptors (Lipinski definition) is 0. The summed E-state index contributed by atoms with van der Waals surface area (Å²) in [6.07, 6.45) is 0. The number of benzene rings is 3. The van der Waals surface area contributed by atoms with Crippen LogP contribution in [0.5, 0.6) is 0 Å². The summed E-state index contributed by atoms with van der Waals surface area (Å²) in [6, 6.07) is 42.3. The minimum atomic E-state index is -0.446. The molecule has 0 atom stereocenters. The van der Waals surface area contributed by atoms with Crippen LogP contribution in [0.25, 0.3) is 0 Å². The Bertz CT molecular complexity index is 692. The molecular weight excluding hydrogens is 446 g/mol. The summed E-state index contributed by atoms with van der Waals surface area (Å²) in [5, 5.41) is 4.19. The third kappa shape index (κ3) is 6.62. The molecule has 4 aromatic carbocycles. The third-order valence-electron chi connectivity index (χ3n) is 3.60. The molecule has 0 nitrogen and oxygen atoms in total. The van der Waals surface area contributed by atoms with Crippen molar-refractivity contribution in [2.45, 2.75) is 0 Å². The van der Waals surface area contributed by atoms with E-state index in [1.807, 2.05) is 30.3 Å². The van der Waals surface area contributed by atoms with Gasteiger partial charge >= 0.3 is 16.5 Å². The van der Waals surface area contributed by atoms with Gasteiger partial charge in [0.05, 0.1) is 0 Å². The summed E-state index contributed by atoms with van der Waals surface area (Å²) in [6.45, 7) is 0. The van der Waals surface area contributed by atoms with Crippen LogP contribution in [0.3, 0.4) is 0 Å². The molecule has 0 aliphatic rings. The average Bonchev–Trinajstić information content (AvgIpc) is 3.25. The third-order valence-corrected chi connectivity index (χ3v) is 6.04. The quantitative estimate of drug-likeness (QED) is 0.246. The molecule has 4 rings (SSSR count).